The molecular weight excluding hydrogens is 702 g/mol. The van der Waals surface area contributed by atoms with Gasteiger partial charge in [0.1, 0.15) is 0 Å². The summed E-state index contributed by atoms with van der Waals surface area (Å²) >= 11 is 0. The van der Waals surface area contributed by atoms with Crippen LogP contribution in [0, 0.1) is 0 Å². The first kappa shape index (κ1) is 35.2. The van der Waals surface area contributed by atoms with Gasteiger partial charge >= 0.3 is 5.97 Å². The van der Waals surface area contributed by atoms with Crippen LogP contribution in [0.2, 0.25) is 0 Å². The standard InChI is InChI=1S/C42H37N5O8/c1-52-36-16-32-34(44-20-30-14-27(22-46(30)40(32)48)24-4-6-26(7-5-24)42(50)51)18-38(36)54-12-3-13-55-39-19-35-33(17-37(39)53-2)41(49)47-23-28(15-31(47)21-45-35)25-8-10-29(43)11-9-25/h4-11,16-23,30-31H,3,12-15,43H2,1-2H3,(H,50,51)/t30-,31-/m0/s1. The molecule has 278 valence electrons. The van der Waals surface area contributed by atoms with Crippen LogP contribution in [0.25, 0.3) is 11.1 Å². The van der Waals surface area contributed by atoms with Crippen molar-refractivity contribution in [3.8, 4) is 23.0 Å². The van der Waals surface area contributed by atoms with Crippen LogP contribution in [0.3, 0.4) is 0 Å². The lowest BCUT2D eigenvalue weighted by molar-refractivity contribution is 0.0695. The average molecular weight is 740 g/mol. The second-order valence-electron chi connectivity index (χ2n) is 13.4. The molecule has 0 radical (unpaired) electrons. The van der Waals surface area contributed by atoms with Crippen molar-refractivity contribution in [1.29, 1.82) is 0 Å². The van der Waals surface area contributed by atoms with Gasteiger partial charge in [-0.2, -0.15) is 0 Å². The number of hydrogen-bond acceptors (Lipinski definition) is 10. The molecule has 4 aliphatic heterocycles. The van der Waals surface area contributed by atoms with E-state index >= 15 is 0 Å². The van der Waals surface area contributed by atoms with E-state index in [1.807, 2.05) is 30.5 Å². The van der Waals surface area contributed by atoms with Gasteiger partial charge in [0.2, 0.25) is 0 Å². The van der Waals surface area contributed by atoms with Crippen molar-refractivity contribution >= 4 is 58.4 Å². The third kappa shape index (κ3) is 6.76. The number of aromatic carboxylic acids is 1. The Bertz CT molecular complexity index is 2330. The first-order chi connectivity index (χ1) is 26.7. The molecule has 4 aromatic rings. The van der Waals surface area contributed by atoms with Gasteiger partial charge in [0.25, 0.3) is 11.8 Å². The van der Waals surface area contributed by atoms with E-state index in [1.54, 1.807) is 77.0 Å². The number of amides is 2. The number of methoxy groups -OCH3 is 2. The summed E-state index contributed by atoms with van der Waals surface area (Å²) in [5, 5.41) is 9.23. The van der Waals surface area contributed by atoms with Crippen LogP contribution in [-0.4, -0.2) is 84.6 Å². The molecule has 4 heterocycles. The fourth-order valence-corrected chi connectivity index (χ4v) is 7.09. The molecule has 0 fully saturated rings. The number of rotatable bonds is 11. The maximum Gasteiger partial charge on any atom is 0.335 e. The highest BCUT2D eigenvalue weighted by Crippen LogP contribution is 2.42. The molecule has 4 aliphatic rings. The van der Waals surface area contributed by atoms with E-state index in [1.165, 1.54) is 14.2 Å². The van der Waals surface area contributed by atoms with Gasteiger partial charge in [-0.3, -0.25) is 19.6 Å². The van der Waals surface area contributed by atoms with E-state index < -0.39 is 5.97 Å². The Morgan fingerprint density at radius 3 is 1.60 bits per heavy atom. The van der Waals surface area contributed by atoms with Crippen molar-refractivity contribution in [3.05, 3.63) is 113 Å². The van der Waals surface area contributed by atoms with Crippen molar-refractivity contribution in [3.63, 3.8) is 0 Å². The SMILES string of the molecule is COc1cc2c(cc1OCCCOc1cc3c(cc1OC)C(=O)N1C=C(c4ccc(C(=O)O)cc4)C[C@H]1C=N3)N=C[C@@H]1CC(c3ccc(N)cc3)=CN1C2=O. The Morgan fingerprint density at radius 2 is 1.16 bits per heavy atom. The van der Waals surface area contributed by atoms with Crippen molar-refractivity contribution in [2.45, 2.75) is 31.3 Å². The number of hydrogen-bond donors (Lipinski definition) is 2. The number of nitrogens with zero attached hydrogens (tertiary/aromatic N) is 4. The molecule has 3 N–H and O–H groups in total. The summed E-state index contributed by atoms with van der Waals surface area (Å²) < 4.78 is 23.4. The lowest BCUT2D eigenvalue weighted by Crippen LogP contribution is -2.32. The highest BCUT2D eigenvalue weighted by atomic mass is 16.5. The monoisotopic (exact) mass is 739 g/mol. The lowest BCUT2D eigenvalue weighted by Gasteiger charge is -2.19. The number of aliphatic imine (C=N–C) groups is 2. The zero-order chi connectivity index (χ0) is 38.2. The molecule has 55 heavy (non-hydrogen) atoms. The van der Waals surface area contributed by atoms with Gasteiger partial charge < -0.3 is 39.6 Å². The molecule has 0 aliphatic carbocycles. The number of ether oxygens (including phenoxy) is 4. The number of fused-ring (bicyclic) bond motifs is 4. The fraction of sp³-hybridized carbons (Fsp3) is 0.214. The van der Waals surface area contributed by atoms with Crippen molar-refractivity contribution in [2.24, 2.45) is 9.98 Å². The van der Waals surface area contributed by atoms with Gasteiger partial charge in [-0.25, -0.2) is 4.79 Å². The van der Waals surface area contributed by atoms with Crippen molar-refractivity contribution in [2.75, 3.05) is 33.2 Å². The fourth-order valence-electron chi connectivity index (χ4n) is 7.09. The van der Waals surface area contributed by atoms with Gasteiger partial charge in [-0.1, -0.05) is 24.3 Å². The van der Waals surface area contributed by atoms with Gasteiger partial charge in [0.05, 0.1) is 67.6 Å². The molecule has 13 heteroatoms. The molecule has 0 saturated heterocycles. The van der Waals surface area contributed by atoms with Crippen molar-refractivity contribution in [1.82, 2.24) is 9.80 Å². The zero-order valence-electron chi connectivity index (χ0n) is 30.1. The summed E-state index contributed by atoms with van der Waals surface area (Å²) in [4.78, 5) is 51.4. The third-order valence-corrected chi connectivity index (χ3v) is 10.0. The summed E-state index contributed by atoms with van der Waals surface area (Å²) in [5.41, 5.74) is 12.3. The molecule has 2 amide bonds. The molecule has 2 atom stereocenters. The minimum absolute atomic E-state index is 0.173. The predicted molar refractivity (Wildman–Crippen MR) is 207 cm³/mol. The molecular formula is C42H37N5O8. The smallest absolute Gasteiger partial charge is 0.335 e. The quantitative estimate of drug-likeness (QED) is 0.125. The van der Waals surface area contributed by atoms with E-state index in [9.17, 15) is 19.5 Å². The van der Waals surface area contributed by atoms with Gasteiger partial charge in [-0.15, -0.1) is 0 Å². The minimum Gasteiger partial charge on any atom is -0.493 e. The molecule has 8 rings (SSSR count). The van der Waals surface area contributed by atoms with Crippen LogP contribution in [0.15, 0.2) is 95.2 Å². The van der Waals surface area contributed by atoms with Crippen LogP contribution < -0.4 is 24.7 Å². The maximum atomic E-state index is 13.7. The maximum absolute atomic E-state index is 13.7. The summed E-state index contributed by atoms with van der Waals surface area (Å²) in [6.45, 7) is 0.557. The number of nitrogens with two attached hydrogens (primary N) is 1. The second-order valence-corrected chi connectivity index (χ2v) is 13.4. The highest BCUT2D eigenvalue weighted by molar-refractivity contribution is 6.06. The van der Waals surface area contributed by atoms with Gasteiger partial charge in [-0.05, 0) is 58.7 Å². The summed E-state index contributed by atoms with van der Waals surface area (Å²) in [7, 11) is 3.04. The Balaban J connectivity index is 0.908. The first-order valence-electron chi connectivity index (χ1n) is 17.7. The van der Waals surface area contributed by atoms with E-state index in [4.69, 9.17) is 24.7 Å². The largest absolute Gasteiger partial charge is 0.493 e. The first-order valence-corrected chi connectivity index (χ1v) is 17.7. The summed E-state index contributed by atoms with van der Waals surface area (Å²) in [6, 6.07) is 20.4. The van der Waals surface area contributed by atoms with Crippen LogP contribution in [0.1, 0.15) is 61.5 Å². The van der Waals surface area contributed by atoms with Crippen LogP contribution in [-0.2, 0) is 0 Å². The number of carbonyl (C=O) groups excluding carboxylic acids is 2. The Hall–Kier alpha value is -6.89. The van der Waals surface area contributed by atoms with Crippen molar-refractivity contribution < 1.29 is 38.4 Å². The molecule has 4 aromatic carbocycles. The van der Waals surface area contributed by atoms with E-state index in [0.29, 0.717) is 70.4 Å². The Labute approximate surface area is 316 Å². The molecule has 0 aromatic heterocycles. The van der Waals surface area contributed by atoms with Crippen LogP contribution in [0.5, 0.6) is 23.0 Å². The van der Waals surface area contributed by atoms with E-state index in [2.05, 4.69) is 9.98 Å². The van der Waals surface area contributed by atoms with E-state index in [0.717, 1.165) is 22.3 Å². The number of carbonyl (C=O) groups is 3. The normalized spacial score (nSPS) is 18.0. The number of anilines is 1. The molecule has 0 spiro atoms. The lowest BCUT2D eigenvalue weighted by atomic mass is 10.0. The summed E-state index contributed by atoms with van der Waals surface area (Å²) in [6.07, 6.45) is 8.88. The minimum atomic E-state index is -0.994. The molecule has 0 saturated carbocycles. The Kier molecular flexibility index (Phi) is 9.27. The topological polar surface area (TPSA) is 166 Å². The number of nitrogen functional groups attached to an aromatic ring is 1. The van der Waals surface area contributed by atoms with Crippen LogP contribution >= 0.6 is 0 Å². The third-order valence-electron chi connectivity index (χ3n) is 10.0. The van der Waals surface area contributed by atoms with E-state index in [-0.39, 0.29) is 42.7 Å². The van der Waals surface area contributed by atoms with Gasteiger partial charge in [0.15, 0.2) is 23.0 Å². The average Bonchev–Trinajstić information content (AvgIpc) is 3.78. The summed E-state index contributed by atoms with van der Waals surface area (Å²) in [5.74, 6) is 0.301. The van der Waals surface area contributed by atoms with Gasteiger partial charge in [0, 0.05) is 61.9 Å². The number of carboxylic acids is 1. The number of benzene rings is 4. The highest BCUT2D eigenvalue weighted by Gasteiger charge is 2.35. The molecule has 13 nitrogen and oxygen atoms in total. The Morgan fingerprint density at radius 1 is 0.709 bits per heavy atom. The second kappa shape index (κ2) is 14.5. The van der Waals surface area contributed by atoms with Crippen LogP contribution in [0.4, 0.5) is 17.1 Å². The number of carboxylic acid groups (broad SMARTS) is 1. The predicted octanol–water partition coefficient (Wildman–Crippen LogP) is 6.78. The molecule has 0 unspecified atom stereocenters. The zero-order valence-corrected chi connectivity index (χ0v) is 30.1. The molecule has 0 bridgehead atoms.